The molecule has 0 aromatic heterocycles. The van der Waals surface area contributed by atoms with E-state index in [0.717, 1.165) is 3.63 Å². The van der Waals surface area contributed by atoms with Crippen LogP contribution in [0.5, 0.6) is 0 Å². The predicted molar refractivity (Wildman–Crippen MR) is 38.0 cm³/mol. The Balaban J connectivity index is 0. The van der Waals surface area contributed by atoms with Crippen LogP contribution < -0.4 is 0 Å². The molecule has 0 aliphatic rings. The van der Waals surface area contributed by atoms with Crippen LogP contribution in [0, 0.1) is 0 Å². The standard InChI is InChI=1S/C4H6O3.C3H7.Zr/c1-3(5)2-4(6)7;1-3-2;/h2H2,1H3,(H,6,7);3H,1-2H3;. The van der Waals surface area contributed by atoms with Gasteiger partial charge in [-0.2, -0.15) is 0 Å². The average molecular weight is 236 g/mol. The molecule has 0 amide bonds. The van der Waals surface area contributed by atoms with E-state index < -0.39 is 5.97 Å². The second-order valence-electron chi connectivity index (χ2n) is 2.43. The Morgan fingerprint density at radius 1 is 1.45 bits per heavy atom. The zero-order chi connectivity index (χ0) is 9.44. The monoisotopic (exact) mass is 235 g/mol. The van der Waals surface area contributed by atoms with Gasteiger partial charge < -0.3 is 5.11 Å². The Hall–Kier alpha value is 0.0231. The Kier molecular flexibility index (Phi) is 10.0. The first kappa shape index (κ1) is 13.6. The third-order valence-corrected chi connectivity index (χ3v) is 0.400. The molecule has 0 aliphatic heterocycles. The molecular weight excluding hydrogens is 223 g/mol. The molecule has 0 aliphatic carbocycles. The average Bonchev–Trinajstić information content (AvgIpc) is 1.56. The van der Waals surface area contributed by atoms with Crippen LogP contribution in [0.2, 0.25) is 3.63 Å². The van der Waals surface area contributed by atoms with Gasteiger partial charge in [0, 0.05) is 0 Å². The van der Waals surface area contributed by atoms with Crippen LogP contribution in [-0.2, 0) is 34.3 Å². The van der Waals surface area contributed by atoms with Crippen LogP contribution in [0.4, 0.5) is 0 Å². The fraction of sp³-hybridized carbons (Fsp3) is 0.714. The van der Waals surface area contributed by atoms with E-state index in [0.29, 0.717) is 0 Å². The summed E-state index contributed by atoms with van der Waals surface area (Å²) in [6.07, 6.45) is -0.361. The van der Waals surface area contributed by atoms with Crippen molar-refractivity contribution in [2.45, 2.75) is 30.8 Å². The first-order chi connectivity index (χ1) is 4.86. The molecule has 0 bridgehead atoms. The number of carboxylic acid groups (broad SMARTS) is 1. The van der Waals surface area contributed by atoms with E-state index in [1.807, 2.05) is 0 Å². The Bertz CT molecular complexity index is 117. The molecule has 11 heavy (non-hydrogen) atoms. The maximum absolute atomic E-state index is 9.87. The zero-order valence-corrected chi connectivity index (χ0v) is 9.51. The van der Waals surface area contributed by atoms with Crippen molar-refractivity contribution < 1.29 is 39.4 Å². The van der Waals surface area contributed by atoms with Gasteiger partial charge in [-0.3, -0.25) is 9.59 Å². The van der Waals surface area contributed by atoms with E-state index in [9.17, 15) is 9.59 Å². The number of carboxylic acids is 1. The van der Waals surface area contributed by atoms with E-state index >= 15 is 0 Å². The second kappa shape index (κ2) is 8.12. The number of aliphatic carboxylic acids is 1. The van der Waals surface area contributed by atoms with Crippen molar-refractivity contribution >= 4 is 11.8 Å². The maximum atomic E-state index is 9.87. The molecule has 0 heterocycles. The molecule has 0 radical (unpaired) electrons. The predicted octanol–water partition coefficient (Wildman–Crippen LogP) is 1.41. The van der Waals surface area contributed by atoms with Crippen LogP contribution >= 0.6 is 0 Å². The fourth-order valence-corrected chi connectivity index (χ4v) is 0.213. The van der Waals surface area contributed by atoms with Crippen LogP contribution in [0.15, 0.2) is 0 Å². The summed E-state index contributed by atoms with van der Waals surface area (Å²) in [4.78, 5) is 19.5. The van der Waals surface area contributed by atoms with Crippen LogP contribution in [-0.4, -0.2) is 16.9 Å². The van der Waals surface area contributed by atoms with Crippen molar-refractivity contribution in [3.63, 3.8) is 0 Å². The molecule has 0 unspecified atom stereocenters. The zero-order valence-electron chi connectivity index (χ0n) is 7.05. The van der Waals surface area contributed by atoms with Gasteiger partial charge >= 0.3 is 48.2 Å². The molecule has 0 aromatic rings. The van der Waals surface area contributed by atoms with Gasteiger partial charge in [-0.15, -0.1) is 0 Å². The second-order valence-corrected chi connectivity index (χ2v) is 5.27. The summed E-state index contributed by atoms with van der Waals surface area (Å²) >= 11 is 1.64. The molecule has 0 fully saturated rings. The minimum absolute atomic E-state index is 0.312. The first-order valence-corrected chi connectivity index (χ1v) is 4.70. The van der Waals surface area contributed by atoms with Crippen molar-refractivity contribution in [1.29, 1.82) is 0 Å². The molecule has 0 aromatic carbocycles. The Morgan fingerprint density at radius 3 is 1.73 bits per heavy atom. The molecule has 0 saturated carbocycles. The summed E-state index contributed by atoms with van der Waals surface area (Å²) in [5, 5.41) is 7.86. The Morgan fingerprint density at radius 2 is 1.73 bits per heavy atom. The molecule has 3 nitrogen and oxygen atoms in total. The van der Waals surface area contributed by atoms with Crippen molar-refractivity contribution in [1.82, 2.24) is 0 Å². The number of ketones is 1. The van der Waals surface area contributed by atoms with Gasteiger partial charge in [0.15, 0.2) is 0 Å². The van der Waals surface area contributed by atoms with Crippen molar-refractivity contribution in [2.75, 3.05) is 0 Å². The topological polar surface area (TPSA) is 54.4 Å². The number of carbonyl (C=O) groups is 2. The van der Waals surface area contributed by atoms with E-state index in [2.05, 4.69) is 13.8 Å². The van der Waals surface area contributed by atoms with E-state index in [4.69, 9.17) is 5.11 Å². The quantitative estimate of drug-likeness (QED) is 0.738. The SMILES string of the molecule is CC(=O)CC(=O)O.C[CH](C)[Zr]. The van der Waals surface area contributed by atoms with Gasteiger partial charge in [0.1, 0.15) is 12.2 Å². The van der Waals surface area contributed by atoms with E-state index in [1.54, 1.807) is 24.7 Å². The van der Waals surface area contributed by atoms with Crippen LogP contribution in [0.25, 0.3) is 0 Å². The summed E-state index contributed by atoms with van der Waals surface area (Å²) in [5.41, 5.74) is 0. The number of Topliss-reactive ketones (excluding diaryl/α,β-unsaturated/α-hetero) is 1. The van der Waals surface area contributed by atoms with Crippen molar-refractivity contribution in [3.05, 3.63) is 0 Å². The van der Waals surface area contributed by atoms with Gasteiger partial charge in [-0.1, -0.05) is 0 Å². The third kappa shape index (κ3) is 39.9. The minimum atomic E-state index is -1.06. The molecule has 63 valence electrons. The number of carbonyl (C=O) groups excluding carboxylic acids is 1. The summed E-state index contributed by atoms with van der Waals surface area (Å²) in [6, 6.07) is 0. The summed E-state index contributed by atoms with van der Waals surface area (Å²) in [7, 11) is 0. The summed E-state index contributed by atoms with van der Waals surface area (Å²) in [6.45, 7) is 5.66. The number of rotatable bonds is 2. The molecular formula is C7H13O3Zr. The molecule has 0 saturated heterocycles. The fourth-order valence-electron chi connectivity index (χ4n) is 0.213. The number of hydrogen-bond donors (Lipinski definition) is 1. The summed E-state index contributed by atoms with van der Waals surface area (Å²) < 4.78 is 0.923. The van der Waals surface area contributed by atoms with Gasteiger partial charge in [0.05, 0.1) is 0 Å². The molecule has 4 heteroatoms. The normalized spacial score (nSPS) is 8.27. The van der Waals surface area contributed by atoms with Gasteiger partial charge in [-0.05, 0) is 6.92 Å². The molecule has 1 N–H and O–H groups in total. The van der Waals surface area contributed by atoms with Crippen LogP contribution in [0.3, 0.4) is 0 Å². The van der Waals surface area contributed by atoms with Crippen LogP contribution in [0.1, 0.15) is 27.2 Å². The van der Waals surface area contributed by atoms with Gasteiger partial charge in [0.2, 0.25) is 0 Å². The molecule has 0 spiro atoms. The Labute approximate surface area is 82.0 Å². The van der Waals surface area contributed by atoms with Gasteiger partial charge in [-0.25, -0.2) is 0 Å². The third-order valence-electron chi connectivity index (χ3n) is 0.400. The number of hydrogen-bond acceptors (Lipinski definition) is 2. The first-order valence-electron chi connectivity index (χ1n) is 3.28. The van der Waals surface area contributed by atoms with Crippen molar-refractivity contribution in [3.8, 4) is 0 Å². The molecule has 0 atom stereocenters. The van der Waals surface area contributed by atoms with E-state index in [1.165, 1.54) is 6.92 Å². The van der Waals surface area contributed by atoms with Crippen molar-refractivity contribution in [2.24, 2.45) is 0 Å². The summed E-state index contributed by atoms with van der Waals surface area (Å²) in [5.74, 6) is -1.37. The van der Waals surface area contributed by atoms with E-state index in [-0.39, 0.29) is 12.2 Å². The van der Waals surface area contributed by atoms with Gasteiger partial charge in [0.25, 0.3) is 0 Å². The molecule has 0 rings (SSSR count).